The maximum atomic E-state index is 13.6. The van der Waals surface area contributed by atoms with Gasteiger partial charge >= 0.3 is 0 Å². The molecule has 2 N–H and O–H groups in total. The topological polar surface area (TPSA) is 29.3 Å². The fraction of sp³-hybridized carbons (Fsp3) is 0.188. The lowest BCUT2D eigenvalue weighted by atomic mass is 10.1. The number of rotatable bonds is 5. The molecule has 0 aliphatic heterocycles. The summed E-state index contributed by atoms with van der Waals surface area (Å²) < 4.78 is 14.7. The van der Waals surface area contributed by atoms with Gasteiger partial charge < -0.3 is 5.73 Å². The summed E-state index contributed by atoms with van der Waals surface area (Å²) >= 11 is 8.44. The van der Waals surface area contributed by atoms with Gasteiger partial charge in [-0.1, -0.05) is 46.3 Å². The van der Waals surface area contributed by atoms with Crippen LogP contribution in [0.15, 0.2) is 46.9 Å². The van der Waals surface area contributed by atoms with Crippen LogP contribution >= 0.6 is 28.1 Å². The minimum absolute atomic E-state index is 0.212. The molecule has 0 aliphatic rings. The van der Waals surface area contributed by atoms with Gasteiger partial charge in [0, 0.05) is 23.1 Å². The predicted octanol–water partition coefficient (Wildman–Crippen LogP) is 3.85. The molecule has 2 aromatic carbocycles. The lowest BCUT2D eigenvalue weighted by Crippen LogP contribution is -2.18. The molecule has 0 fully saturated rings. The summed E-state index contributed by atoms with van der Waals surface area (Å²) in [5.74, 6) is -0.315. The van der Waals surface area contributed by atoms with Crippen molar-refractivity contribution in [3.8, 4) is 0 Å². The molecule has 0 aromatic heterocycles. The van der Waals surface area contributed by atoms with Crippen molar-refractivity contribution in [1.29, 1.82) is 0 Å². The molecule has 5 heteroatoms. The second-order valence-electron chi connectivity index (χ2n) is 4.98. The second kappa shape index (κ2) is 7.11. The van der Waals surface area contributed by atoms with E-state index < -0.39 is 0 Å². The highest BCUT2D eigenvalue weighted by Crippen LogP contribution is 2.19. The van der Waals surface area contributed by atoms with E-state index in [1.807, 2.05) is 31.3 Å². The van der Waals surface area contributed by atoms with E-state index in [-0.39, 0.29) is 10.8 Å². The number of nitrogens with two attached hydrogens (primary N) is 1. The number of halogens is 2. The molecule has 0 aliphatic carbocycles. The van der Waals surface area contributed by atoms with Gasteiger partial charge in [0.2, 0.25) is 0 Å². The SMILES string of the molecule is CN(Cc1cc(F)cc(C(N)=S)c1)Cc1ccccc1Br. The van der Waals surface area contributed by atoms with E-state index in [1.165, 1.54) is 17.7 Å². The maximum absolute atomic E-state index is 13.6. The third-order valence-electron chi connectivity index (χ3n) is 3.09. The van der Waals surface area contributed by atoms with Gasteiger partial charge in [-0.15, -0.1) is 0 Å². The molecule has 2 nitrogen and oxygen atoms in total. The van der Waals surface area contributed by atoms with Gasteiger partial charge in [-0.3, -0.25) is 4.90 Å². The minimum Gasteiger partial charge on any atom is -0.389 e. The van der Waals surface area contributed by atoms with Crippen molar-refractivity contribution in [2.45, 2.75) is 13.1 Å². The van der Waals surface area contributed by atoms with E-state index in [4.69, 9.17) is 18.0 Å². The van der Waals surface area contributed by atoms with Gasteiger partial charge in [0.15, 0.2) is 0 Å². The highest BCUT2D eigenvalue weighted by molar-refractivity contribution is 9.10. The Kier molecular flexibility index (Phi) is 5.45. The third kappa shape index (κ3) is 4.59. The number of hydrogen-bond acceptors (Lipinski definition) is 2. The summed E-state index contributed by atoms with van der Waals surface area (Å²) in [7, 11) is 1.99. The van der Waals surface area contributed by atoms with Crippen molar-refractivity contribution < 1.29 is 4.39 Å². The van der Waals surface area contributed by atoms with Crippen molar-refractivity contribution in [2.24, 2.45) is 5.73 Å². The summed E-state index contributed by atoms with van der Waals surface area (Å²) in [4.78, 5) is 2.32. The first-order valence-electron chi connectivity index (χ1n) is 6.47. The van der Waals surface area contributed by atoms with Crippen molar-refractivity contribution in [3.05, 3.63) is 69.4 Å². The number of hydrogen-bond donors (Lipinski definition) is 1. The fourth-order valence-corrected chi connectivity index (χ4v) is 2.70. The molecular formula is C16H16BrFN2S. The van der Waals surface area contributed by atoms with Crippen molar-refractivity contribution >= 4 is 33.1 Å². The molecular weight excluding hydrogens is 351 g/mol. The third-order valence-corrected chi connectivity index (χ3v) is 4.10. The number of benzene rings is 2. The molecule has 0 spiro atoms. The Bertz CT molecular complexity index is 660. The van der Waals surface area contributed by atoms with Crippen LogP contribution in [0.3, 0.4) is 0 Å². The Balaban J connectivity index is 2.11. The molecule has 21 heavy (non-hydrogen) atoms. The van der Waals surface area contributed by atoms with E-state index in [0.29, 0.717) is 12.1 Å². The fourth-order valence-electron chi connectivity index (χ4n) is 2.17. The normalized spacial score (nSPS) is 10.9. The van der Waals surface area contributed by atoms with Crippen molar-refractivity contribution in [3.63, 3.8) is 0 Å². The highest BCUT2D eigenvalue weighted by atomic mass is 79.9. The van der Waals surface area contributed by atoms with E-state index in [9.17, 15) is 4.39 Å². The van der Waals surface area contributed by atoms with Crippen LogP contribution in [-0.2, 0) is 13.1 Å². The van der Waals surface area contributed by atoms with E-state index in [0.717, 1.165) is 16.6 Å². The molecule has 0 saturated carbocycles. The molecule has 2 aromatic rings. The zero-order chi connectivity index (χ0) is 15.4. The van der Waals surface area contributed by atoms with Crippen molar-refractivity contribution in [1.82, 2.24) is 4.90 Å². The monoisotopic (exact) mass is 366 g/mol. The highest BCUT2D eigenvalue weighted by Gasteiger charge is 2.08. The van der Waals surface area contributed by atoms with Crippen LogP contribution in [0.4, 0.5) is 4.39 Å². The first-order chi connectivity index (χ1) is 9.95. The van der Waals surface area contributed by atoms with E-state index in [2.05, 4.69) is 26.9 Å². The molecule has 0 amide bonds. The summed E-state index contributed by atoms with van der Waals surface area (Å²) in [5, 5.41) is 0. The molecule has 0 heterocycles. The first-order valence-corrected chi connectivity index (χ1v) is 7.67. The van der Waals surface area contributed by atoms with Crippen LogP contribution in [0.5, 0.6) is 0 Å². The lowest BCUT2D eigenvalue weighted by Gasteiger charge is -2.18. The van der Waals surface area contributed by atoms with E-state index in [1.54, 1.807) is 0 Å². The van der Waals surface area contributed by atoms with Gasteiger partial charge in [-0.2, -0.15) is 0 Å². The smallest absolute Gasteiger partial charge is 0.124 e. The Morgan fingerprint density at radius 3 is 2.62 bits per heavy atom. The van der Waals surface area contributed by atoms with Gasteiger partial charge in [0.25, 0.3) is 0 Å². The average molecular weight is 367 g/mol. The molecule has 110 valence electrons. The maximum Gasteiger partial charge on any atom is 0.124 e. The Morgan fingerprint density at radius 1 is 1.24 bits per heavy atom. The Morgan fingerprint density at radius 2 is 1.95 bits per heavy atom. The van der Waals surface area contributed by atoms with Gasteiger partial charge in [0.05, 0.1) is 0 Å². The molecule has 0 bridgehead atoms. The quantitative estimate of drug-likeness (QED) is 0.814. The van der Waals surface area contributed by atoms with Crippen molar-refractivity contribution in [2.75, 3.05) is 7.05 Å². The largest absolute Gasteiger partial charge is 0.389 e. The molecule has 0 atom stereocenters. The Hall–Kier alpha value is -1.30. The summed E-state index contributed by atoms with van der Waals surface area (Å²) in [6, 6.07) is 12.8. The Labute approximate surface area is 137 Å². The lowest BCUT2D eigenvalue weighted by molar-refractivity contribution is 0.318. The zero-order valence-electron chi connectivity index (χ0n) is 11.6. The van der Waals surface area contributed by atoms with Gasteiger partial charge in [-0.05, 0) is 42.4 Å². The van der Waals surface area contributed by atoms with Gasteiger partial charge in [-0.25, -0.2) is 4.39 Å². The predicted molar refractivity (Wildman–Crippen MR) is 91.6 cm³/mol. The van der Waals surface area contributed by atoms with E-state index >= 15 is 0 Å². The molecule has 0 saturated heterocycles. The molecule has 0 radical (unpaired) electrons. The average Bonchev–Trinajstić information content (AvgIpc) is 2.40. The summed E-state index contributed by atoms with van der Waals surface area (Å²) in [6.45, 7) is 1.38. The number of nitrogens with zero attached hydrogens (tertiary/aromatic N) is 1. The summed E-state index contributed by atoms with van der Waals surface area (Å²) in [5.41, 5.74) is 8.18. The second-order valence-corrected chi connectivity index (χ2v) is 6.27. The van der Waals surface area contributed by atoms with Crippen LogP contribution in [0.2, 0.25) is 0 Å². The van der Waals surface area contributed by atoms with Crippen LogP contribution in [0.25, 0.3) is 0 Å². The van der Waals surface area contributed by atoms with Crippen LogP contribution < -0.4 is 5.73 Å². The van der Waals surface area contributed by atoms with Crippen LogP contribution in [-0.4, -0.2) is 16.9 Å². The van der Waals surface area contributed by atoms with Crippen LogP contribution in [0, 0.1) is 5.82 Å². The first kappa shape index (κ1) is 16.1. The molecule has 0 unspecified atom stereocenters. The standard InChI is InChI=1S/C16H16BrFN2S/c1-20(10-12-4-2-3-5-15(12)17)9-11-6-13(16(19)21)8-14(18)7-11/h2-8H,9-10H2,1H3,(H2,19,21). The molecule has 2 rings (SSSR count). The minimum atomic E-state index is -0.315. The van der Waals surface area contributed by atoms with Crippen LogP contribution in [0.1, 0.15) is 16.7 Å². The van der Waals surface area contributed by atoms with Gasteiger partial charge in [0.1, 0.15) is 10.8 Å². The summed E-state index contributed by atoms with van der Waals surface area (Å²) in [6.07, 6.45) is 0. The zero-order valence-corrected chi connectivity index (χ0v) is 14.0. The number of thiocarbonyl (C=S) groups is 1.